The average Bonchev–Trinajstić information content (AvgIpc) is 2.93. The number of hydrogen-bond acceptors (Lipinski definition) is 2. The topological polar surface area (TPSA) is 40.5 Å². The number of hydrogen-bond donors (Lipinski definition) is 1. The molecule has 3 nitrogen and oxygen atoms in total. The molecule has 16 heavy (non-hydrogen) atoms. The van der Waals surface area contributed by atoms with E-state index in [0.29, 0.717) is 6.04 Å². The lowest BCUT2D eigenvalue weighted by molar-refractivity contribution is -0.141. The molecule has 0 spiro atoms. The molecular formula is C13H25NO2. The van der Waals surface area contributed by atoms with Crippen LogP contribution in [0.15, 0.2) is 0 Å². The molecule has 1 rings (SSSR count). The second-order valence-corrected chi connectivity index (χ2v) is 6.20. The molecule has 0 aromatic rings. The van der Waals surface area contributed by atoms with Crippen LogP contribution in [0.25, 0.3) is 0 Å². The van der Waals surface area contributed by atoms with E-state index in [-0.39, 0.29) is 29.9 Å². The molecule has 0 aromatic carbocycles. The normalized spacial score (nSPS) is 18.7. The van der Waals surface area contributed by atoms with E-state index in [1.165, 1.54) is 0 Å². The maximum Gasteiger partial charge on any atom is 0.225 e. The number of amides is 1. The van der Waals surface area contributed by atoms with Gasteiger partial charge in [-0.15, -0.1) is 0 Å². The van der Waals surface area contributed by atoms with Crippen molar-refractivity contribution in [3.05, 3.63) is 0 Å². The maximum atomic E-state index is 12.2. The molecule has 0 heterocycles. The van der Waals surface area contributed by atoms with Gasteiger partial charge in [-0.3, -0.25) is 4.79 Å². The molecule has 94 valence electrons. The van der Waals surface area contributed by atoms with Gasteiger partial charge in [-0.1, -0.05) is 34.6 Å². The zero-order valence-electron chi connectivity index (χ0n) is 11.2. The highest BCUT2D eigenvalue weighted by molar-refractivity contribution is 5.79. The van der Waals surface area contributed by atoms with E-state index >= 15 is 0 Å². The van der Waals surface area contributed by atoms with Crippen molar-refractivity contribution in [1.29, 1.82) is 0 Å². The van der Waals surface area contributed by atoms with Crippen molar-refractivity contribution in [2.24, 2.45) is 11.3 Å². The van der Waals surface area contributed by atoms with E-state index in [2.05, 4.69) is 20.8 Å². The molecule has 0 aliphatic heterocycles. The molecule has 0 saturated heterocycles. The summed E-state index contributed by atoms with van der Waals surface area (Å²) in [6.45, 7) is 10.1. The first-order valence-electron chi connectivity index (χ1n) is 6.22. The summed E-state index contributed by atoms with van der Waals surface area (Å²) in [4.78, 5) is 14.1. The Bertz CT molecular complexity index is 251. The Labute approximate surface area is 98.8 Å². The van der Waals surface area contributed by atoms with Crippen LogP contribution in [0, 0.1) is 11.3 Å². The van der Waals surface area contributed by atoms with Gasteiger partial charge < -0.3 is 10.0 Å². The summed E-state index contributed by atoms with van der Waals surface area (Å²) in [5.74, 6) is 0.188. The van der Waals surface area contributed by atoms with Crippen LogP contribution in [-0.2, 0) is 4.79 Å². The Kier molecular flexibility index (Phi) is 4.00. The fourth-order valence-electron chi connectivity index (χ4n) is 2.02. The molecule has 1 N–H and O–H groups in total. The lowest BCUT2D eigenvalue weighted by Crippen LogP contribution is -2.52. The van der Waals surface area contributed by atoms with Gasteiger partial charge >= 0.3 is 0 Å². The van der Waals surface area contributed by atoms with Crippen molar-refractivity contribution < 1.29 is 9.90 Å². The third-order valence-electron chi connectivity index (χ3n) is 3.20. The van der Waals surface area contributed by atoms with E-state index in [4.69, 9.17) is 0 Å². The van der Waals surface area contributed by atoms with Crippen molar-refractivity contribution in [1.82, 2.24) is 4.90 Å². The fraction of sp³-hybridized carbons (Fsp3) is 0.923. The molecule has 1 saturated carbocycles. The van der Waals surface area contributed by atoms with Gasteiger partial charge in [0.2, 0.25) is 5.91 Å². The van der Waals surface area contributed by atoms with Crippen LogP contribution in [0.5, 0.6) is 0 Å². The second-order valence-electron chi connectivity index (χ2n) is 6.20. The number of carbonyl (C=O) groups is 1. The van der Waals surface area contributed by atoms with Crippen molar-refractivity contribution in [2.45, 2.75) is 59.5 Å². The van der Waals surface area contributed by atoms with Gasteiger partial charge in [0.25, 0.3) is 0 Å². The number of nitrogens with zero attached hydrogens (tertiary/aromatic N) is 1. The number of carbonyl (C=O) groups excluding carboxylic acids is 1. The van der Waals surface area contributed by atoms with Crippen LogP contribution in [0.3, 0.4) is 0 Å². The first kappa shape index (κ1) is 13.5. The number of aliphatic hydroxyl groups excluding tert-OH is 1. The Morgan fingerprint density at radius 3 is 2.12 bits per heavy atom. The smallest absolute Gasteiger partial charge is 0.225 e. The Balaban J connectivity index is 2.87. The fourth-order valence-corrected chi connectivity index (χ4v) is 2.02. The van der Waals surface area contributed by atoms with Gasteiger partial charge in [0.1, 0.15) is 0 Å². The summed E-state index contributed by atoms with van der Waals surface area (Å²) in [6, 6.07) is 0.307. The van der Waals surface area contributed by atoms with E-state index in [0.717, 1.165) is 12.8 Å². The third-order valence-corrected chi connectivity index (χ3v) is 3.20. The molecule has 1 amide bonds. The van der Waals surface area contributed by atoms with Crippen LogP contribution in [0.1, 0.15) is 47.5 Å². The minimum absolute atomic E-state index is 0.0111. The quantitative estimate of drug-likeness (QED) is 0.798. The van der Waals surface area contributed by atoms with E-state index < -0.39 is 0 Å². The molecule has 1 atom stereocenters. The van der Waals surface area contributed by atoms with Crippen molar-refractivity contribution in [3.8, 4) is 0 Å². The average molecular weight is 227 g/mol. The summed E-state index contributed by atoms with van der Waals surface area (Å²) >= 11 is 0. The highest BCUT2D eigenvalue weighted by Crippen LogP contribution is 2.35. The van der Waals surface area contributed by atoms with Gasteiger partial charge in [-0.05, 0) is 18.3 Å². The predicted octanol–water partition coefficient (Wildman–Crippen LogP) is 2.04. The van der Waals surface area contributed by atoms with Gasteiger partial charge in [0.05, 0.1) is 12.6 Å². The van der Waals surface area contributed by atoms with Crippen molar-refractivity contribution in [3.63, 3.8) is 0 Å². The monoisotopic (exact) mass is 227 g/mol. The minimum Gasteiger partial charge on any atom is -0.394 e. The molecule has 0 bridgehead atoms. The Morgan fingerprint density at radius 1 is 1.38 bits per heavy atom. The number of rotatable bonds is 4. The standard InChI is InChI=1S/C13H25NO2/c1-9(2)12(16)14(10-6-7-10)11(8-15)13(3,4)5/h9-11,15H,6-8H2,1-5H3/t11-/m0/s1. The summed E-state index contributed by atoms with van der Waals surface area (Å²) in [7, 11) is 0. The molecule has 0 radical (unpaired) electrons. The Hall–Kier alpha value is -0.570. The molecule has 1 aliphatic rings. The third kappa shape index (κ3) is 2.97. The molecule has 0 aromatic heterocycles. The molecule has 3 heteroatoms. The summed E-state index contributed by atoms with van der Waals surface area (Å²) < 4.78 is 0. The lowest BCUT2D eigenvalue weighted by Gasteiger charge is -2.40. The Morgan fingerprint density at radius 2 is 1.88 bits per heavy atom. The highest BCUT2D eigenvalue weighted by atomic mass is 16.3. The SMILES string of the molecule is CC(C)C(=O)N(C1CC1)[C@@H](CO)C(C)(C)C. The first-order chi connectivity index (χ1) is 7.29. The second kappa shape index (κ2) is 4.74. The molecular weight excluding hydrogens is 202 g/mol. The zero-order valence-corrected chi connectivity index (χ0v) is 11.2. The molecule has 1 aliphatic carbocycles. The molecule has 1 fully saturated rings. The summed E-state index contributed by atoms with van der Waals surface area (Å²) in [5.41, 5.74) is -0.0676. The zero-order chi connectivity index (χ0) is 12.5. The van der Waals surface area contributed by atoms with Gasteiger partial charge in [0, 0.05) is 12.0 Å². The van der Waals surface area contributed by atoms with Crippen LogP contribution >= 0.6 is 0 Å². The van der Waals surface area contributed by atoms with E-state index in [1.54, 1.807) is 0 Å². The predicted molar refractivity (Wildman–Crippen MR) is 65.0 cm³/mol. The largest absolute Gasteiger partial charge is 0.394 e. The minimum atomic E-state index is -0.0676. The maximum absolute atomic E-state index is 12.2. The lowest BCUT2D eigenvalue weighted by atomic mass is 9.85. The van der Waals surface area contributed by atoms with Gasteiger partial charge in [-0.2, -0.15) is 0 Å². The van der Waals surface area contributed by atoms with E-state index in [9.17, 15) is 9.90 Å². The van der Waals surface area contributed by atoms with Crippen molar-refractivity contribution >= 4 is 5.91 Å². The molecule has 0 unspecified atom stereocenters. The van der Waals surface area contributed by atoms with Crippen LogP contribution in [-0.4, -0.2) is 34.6 Å². The van der Waals surface area contributed by atoms with Crippen LogP contribution < -0.4 is 0 Å². The highest BCUT2D eigenvalue weighted by Gasteiger charge is 2.42. The van der Waals surface area contributed by atoms with E-state index in [1.807, 2.05) is 18.7 Å². The van der Waals surface area contributed by atoms with Crippen molar-refractivity contribution in [2.75, 3.05) is 6.61 Å². The number of aliphatic hydroxyl groups is 1. The van der Waals surface area contributed by atoms with Crippen LogP contribution in [0.2, 0.25) is 0 Å². The van der Waals surface area contributed by atoms with Gasteiger partial charge in [0.15, 0.2) is 0 Å². The van der Waals surface area contributed by atoms with Gasteiger partial charge in [-0.25, -0.2) is 0 Å². The summed E-state index contributed by atoms with van der Waals surface area (Å²) in [5, 5.41) is 9.55. The first-order valence-corrected chi connectivity index (χ1v) is 6.22. The summed E-state index contributed by atoms with van der Waals surface area (Å²) in [6.07, 6.45) is 2.18. The van der Waals surface area contributed by atoms with Crippen LogP contribution in [0.4, 0.5) is 0 Å².